The van der Waals surface area contributed by atoms with Gasteiger partial charge >= 0.3 is 6.18 Å². The van der Waals surface area contributed by atoms with Gasteiger partial charge in [-0.1, -0.05) is 0 Å². The molecule has 0 aliphatic carbocycles. The highest BCUT2D eigenvalue weighted by molar-refractivity contribution is 14.1. The molecule has 1 aromatic rings. The summed E-state index contributed by atoms with van der Waals surface area (Å²) in [6.07, 6.45) is -4.37. The number of alkyl halides is 3. The molecule has 0 amide bonds. The van der Waals surface area contributed by atoms with Crippen LogP contribution in [0.3, 0.4) is 0 Å². The molecule has 66 valence electrons. The van der Waals surface area contributed by atoms with Crippen molar-refractivity contribution in [2.24, 2.45) is 0 Å². The highest BCUT2D eigenvalue weighted by atomic mass is 127. The molecule has 0 saturated heterocycles. The summed E-state index contributed by atoms with van der Waals surface area (Å²) in [5, 5.41) is 6.73. The maximum Gasteiger partial charge on any atom is 0.419 e. The molecular weight excluding hydrogens is 352 g/mol. The van der Waals surface area contributed by atoms with E-state index in [2.05, 4.69) is 26.1 Å². The molecule has 0 spiro atoms. The Bertz CT molecular complexity index is 301. The zero-order valence-corrected chi connectivity index (χ0v) is 9.11. The fraction of sp³-hybridized carbons (Fsp3) is 0.200. The molecule has 0 radical (unpaired) electrons. The Hall–Kier alpha value is 0.0800. The number of halogens is 5. The van der Waals surface area contributed by atoms with Gasteiger partial charge in [-0.05, 0) is 44.6 Å². The standard InChI is InChI=1S/C5HBrF3IN2/c6-3-1-2(5(7,8)9)4(10)12-11-3/h1H. The van der Waals surface area contributed by atoms with Crippen molar-refractivity contribution in [1.82, 2.24) is 10.2 Å². The van der Waals surface area contributed by atoms with Gasteiger partial charge < -0.3 is 0 Å². The third-order valence-corrected chi connectivity index (χ3v) is 2.21. The van der Waals surface area contributed by atoms with Gasteiger partial charge in [0.05, 0.1) is 5.56 Å². The predicted octanol–water partition coefficient (Wildman–Crippen LogP) is 2.86. The van der Waals surface area contributed by atoms with Crippen LogP contribution in [0.15, 0.2) is 10.7 Å². The maximum absolute atomic E-state index is 12.1. The van der Waals surface area contributed by atoms with Gasteiger partial charge in [0.15, 0.2) is 0 Å². The van der Waals surface area contributed by atoms with Crippen molar-refractivity contribution in [3.8, 4) is 0 Å². The minimum Gasteiger partial charge on any atom is -0.166 e. The first-order valence-electron chi connectivity index (χ1n) is 2.67. The van der Waals surface area contributed by atoms with Crippen LogP contribution in [-0.2, 0) is 6.18 Å². The molecule has 1 rings (SSSR count). The van der Waals surface area contributed by atoms with Crippen LogP contribution in [0.1, 0.15) is 5.56 Å². The second-order valence-electron chi connectivity index (χ2n) is 1.87. The summed E-state index contributed by atoms with van der Waals surface area (Å²) in [7, 11) is 0. The van der Waals surface area contributed by atoms with Crippen molar-refractivity contribution < 1.29 is 13.2 Å². The molecular formula is C5HBrF3IN2. The minimum atomic E-state index is -4.37. The third kappa shape index (κ3) is 2.28. The molecule has 0 aromatic carbocycles. The van der Waals surface area contributed by atoms with Crippen molar-refractivity contribution >= 4 is 38.5 Å². The van der Waals surface area contributed by atoms with E-state index in [-0.39, 0.29) is 8.30 Å². The fourth-order valence-electron chi connectivity index (χ4n) is 0.552. The molecule has 0 aliphatic rings. The van der Waals surface area contributed by atoms with Crippen LogP contribution in [0.25, 0.3) is 0 Å². The summed E-state index contributed by atoms with van der Waals surface area (Å²) < 4.78 is 36.3. The monoisotopic (exact) mass is 352 g/mol. The van der Waals surface area contributed by atoms with E-state index >= 15 is 0 Å². The number of hydrogen-bond donors (Lipinski definition) is 0. The van der Waals surface area contributed by atoms with Crippen LogP contribution in [0.4, 0.5) is 13.2 Å². The van der Waals surface area contributed by atoms with Gasteiger partial charge in [-0.2, -0.15) is 13.2 Å². The molecule has 12 heavy (non-hydrogen) atoms. The normalized spacial score (nSPS) is 11.8. The molecule has 1 heterocycles. The molecule has 1 aromatic heterocycles. The zero-order valence-electron chi connectivity index (χ0n) is 5.36. The van der Waals surface area contributed by atoms with Gasteiger partial charge in [-0.3, -0.25) is 0 Å². The number of hydrogen-bond acceptors (Lipinski definition) is 2. The Morgan fingerprint density at radius 1 is 1.33 bits per heavy atom. The van der Waals surface area contributed by atoms with Crippen LogP contribution < -0.4 is 0 Å². The van der Waals surface area contributed by atoms with E-state index in [0.29, 0.717) is 0 Å². The molecule has 0 unspecified atom stereocenters. The minimum absolute atomic E-state index is 0.0789. The molecule has 0 bridgehead atoms. The van der Waals surface area contributed by atoms with Crippen molar-refractivity contribution in [1.29, 1.82) is 0 Å². The largest absolute Gasteiger partial charge is 0.419 e. The highest BCUT2D eigenvalue weighted by Crippen LogP contribution is 2.32. The lowest BCUT2D eigenvalue weighted by atomic mass is 10.3. The molecule has 0 aliphatic heterocycles. The highest BCUT2D eigenvalue weighted by Gasteiger charge is 2.34. The molecule has 7 heteroatoms. The van der Waals surface area contributed by atoms with Crippen LogP contribution >= 0.6 is 38.5 Å². The lowest BCUT2D eigenvalue weighted by Crippen LogP contribution is -2.09. The Labute approximate surface area is 87.8 Å². The predicted molar refractivity (Wildman–Crippen MR) is 47.5 cm³/mol. The van der Waals surface area contributed by atoms with E-state index < -0.39 is 11.7 Å². The van der Waals surface area contributed by atoms with Gasteiger partial charge in [-0.15, -0.1) is 10.2 Å². The van der Waals surface area contributed by atoms with Gasteiger partial charge in [0.2, 0.25) is 0 Å². The van der Waals surface area contributed by atoms with Crippen LogP contribution in [-0.4, -0.2) is 10.2 Å². The average molecular weight is 353 g/mol. The van der Waals surface area contributed by atoms with Gasteiger partial charge in [-0.25, -0.2) is 0 Å². The van der Waals surface area contributed by atoms with Crippen LogP contribution in [0.5, 0.6) is 0 Å². The fourth-order valence-corrected chi connectivity index (χ4v) is 1.43. The molecule has 0 atom stereocenters. The van der Waals surface area contributed by atoms with Crippen molar-refractivity contribution in [3.05, 3.63) is 19.9 Å². The zero-order chi connectivity index (χ0) is 9.35. The van der Waals surface area contributed by atoms with E-state index in [9.17, 15) is 13.2 Å². The van der Waals surface area contributed by atoms with E-state index in [0.717, 1.165) is 6.07 Å². The summed E-state index contributed by atoms with van der Waals surface area (Å²) in [5.41, 5.74) is -0.773. The average Bonchev–Trinajstić information content (AvgIpc) is 1.92. The van der Waals surface area contributed by atoms with Crippen molar-refractivity contribution in [3.63, 3.8) is 0 Å². The Morgan fingerprint density at radius 3 is 2.33 bits per heavy atom. The Morgan fingerprint density at radius 2 is 1.92 bits per heavy atom. The van der Waals surface area contributed by atoms with E-state index in [1.54, 1.807) is 0 Å². The smallest absolute Gasteiger partial charge is 0.166 e. The molecule has 0 N–H and O–H groups in total. The second kappa shape index (κ2) is 3.44. The number of nitrogens with zero attached hydrogens (tertiary/aromatic N) is 2. The lowest BCUT2D eigenvalue weighted by molar-refractivity contribution is -0.138. The van der Waals surface area contributed by atoms with E-state index in [4.69, 9.17) is 0 Å². The van der Waals surface area contributed by atoms with E-state index in [1.807, 2.05) is 0 Å². The van der Waals surface area contributed by atoms with Gasteiger partial charge in [0.25, 0.3) is 0 Å². The summed E-state index contributed by atoms with van der Waals surface area (Å²) in [6.45, 7) is 0. The van der Waals surface area contributed by atoms with Crippen molar-refractivity contribution in [2.45, 2.75) is 6.18 Å². The number of rotatable bonds is 0. The summed E-state index contributed by atoms with van der Waals surface area (Å²) in [6, 6.07) is 0.898. The van der Waals surface area contributed by atoms with Crippen molar-refractivity contribution in [2.75, 3.05) is 0 Å². The Kier molecular flexibility index (Phi) is 2.92. The SMILES string of the molecule is FC(F)(F)c1cc(Br)nnc1I. The topological polar surface area (TPSA) is 25.8 Å². The molecule has 0 saturated carbocycles. The number of aromatic nitrogens is 2. The summed E-state index contributed by atoms with van der Waals surface area (Å²) in [4.78, 5) is 0. The first-order valence-corrected chi connectivity index (χ1v) is 4.54. The quantitative estimate of drug-likeness (QED) is 0.671. The lowest BCUT2D eigenvalue weighted by Gasteiger charge is -2.06. The van der Waals surface area contributed by atoms with Gasteiger partial charge in [0, 0.05) is 0 Å². The molecule has 2 nitrogen and oxygen atoms in total. The first-order chi connectivity index (χ1) is 5.41. The van der Waals surface area contributed by atoms with Crippen LogP contribution in [0.2, 0.25) is 0 Å². The van der Waals surface area contributed by atoms with Crippen LogP contribution in [0, 0.1) is 3.70 Å². The van der Waals surface area contributed by atoms with Gasteiger partial charge in [0.1, 0.15) is 8.30 Å². The maximum atomic E-state index is 12.1. The summed E-state index contributed by atoms with van der Waals surface area (Å²) >= 11 is 4.30. The van der Waals surface area contributed by atoms with E-state index in [1.165, 1.54) is 22.6 Å². The molecule has 0 fully saturated rings. The third-order valence-electron chi connectivity index (χ3n) is 1.02. The summed E-state index contributed by atoms with van der Waals surface area (Å²) in [5.74, 6) is 0. The Balaban J connectivity index is 3.23. The second-order valence-corrected chi connectivity index (χ2v) is 3.70. The first kappa shape index (κ1) is 10.2.